The highest BCUT2D eigenvalue weighted by molar-refractivity contribution is 4.58. The maximum Gasteiger partial charge on any atom is 0.282 e. The third-order valence-electron chi connectivity index (χ3n) is 7.58. The molecule has 0 aliphatic heterocycles. The molecule has 0 heterocycles. The van der Waals surface area contributed by atoms with Crippen molar-refractivity contribution in [1.29, 1.82) is 0 Å². The zero-order chi connectivity index (χ0) is 26.8. The van der Waals surface area contributed by atoms with Crippen LogP contribution in [0, 0.1) is 0 Å². The summed E-state index contributed by atoms with van der Waals surface area (Å²) in [4.78, 5) is 0. The zero-order valence-electron chi connectivity index (χ0n) is 25.0. The van der Waals surface area contributed by atoms with Crippen LogP contribution < -0.4 is 0 Å². The summed E-state index contributed by atoms with van der Waals surface area (Å²) in [5, 5.41) is 0. The molecule has 6 heteroatoms. The molecular weight excluding hydrogens is 456 g/mol. The summed E-state index contributed by atoms with van der Waals surface area (Å²) in [5.41, 5.74) is 0. The summed E-state index contributed by atoms with van der Waals surface area (Å²) in [6.45, 7) is 0. The minimum Gasteiger partial charge on any atom is -0.331 e. The van der Waals surface area contributed by atoms with Crippen LogP contribution in [0.15, 0.2) is 0 Å². The average molecular weight is 519 g/mol. The maximum atomic E-state index is 5.34. The van der Waals surface area contributed by atoms with E-state index in [0.717, 1.165) is 25.7 Å². The Labute approximate surface area is 224 Å². The summed E-state index contributed by atoms with van der Waals surface area (Å²) < 4.78 is 32.1. The first-order valence-corrected chi connectivity index (χ1v) is 14.9. The first-order chi connectivity index (χ1) is 17.6. The molecular formula is C30H62O6. The number of ether oxygens (including phenoxy) is 6. The number of unbranched alkanes of at least 4 members (excludes halogenated alkanes) is 19. The fourth-order valence-corrected chi connectivity index (χ4v) is 4.98. The number of hydrogen-bond acceptors (Lipinski definition) is 6. The molecule has 0 atom stereocenters. The molecule has 0 saturated heterocycles. The van der Waals surface area contributed by atoms with Gasteiger partial charge in [-0.25, -0.2) is 0 Å². The third-order valence-corrected chi connectivity index (χ3v) is 7.58. The highest BCUT2D eigenvalue weighted by Crippen LogP contribution is 2.23. The minimum atomic E-state index is -0.852. The SMILES string of the molecule is COC(CCCCCCCCCCCCCCCCCCCCCCC(OC)(OC)OC)(OC)OC. The van der Waals surface area contributed by atoms with Crippen molar-refractivity contribution < 1.29 is 28.4 Å². The number of hydrogen-bond donors (Lipinski definition) is 0. The molecule has 218 valence electrons. The van der Waals surface area contributed by atoms with E-state index in [0.29, 0.717) is 0 Å². The molecule has 0 aromatic heterocycles. The van der Waals surface area contributed by atoms with Crippen LogP contribution in [-0.2, 0) is 28.4 Å². The Kier molecular flexibility index (Phi) is 24.9. The Morgan fingerprint density at radius 3 is 0.528 bits per heavy atom. The van der Waals surface area contributed by atoms with E-state index in [-0.39, 0.29) is 0 Å². The van der Waals surface area contributed by atoms with E-state index in [1.165, 1.54) is 116 Å². The molecule has 36 heavy (non-hydrogen) atoms. The van der Waals surface area contributed by atoms with Crippen molar-refractivity contribution in [2.45, 2.75) is 153 Å². The van der Waals surface area contributed by atoms with Gasteiger partial charge in [-0.3, -0.25) is 0 Å². The van der Waals surface area contributed by atoms with Crippen LogP contribution in [0.5, 0.6) is 0 Å². The van der Waals surface area contributed by atoms with Crippen LogP contribution in [0.4, 0.5) is 0 Å². The van der Waals surface area contributed by atoms with Gasteiger partial charge < -0.3 is 28.4 Å². The van der Waals surface area contributed by atoms with Gasteiger partial charge in [0, 0.05) is 55.5 Å². The van der Waals surface area contributed by atoms with Crippen molar-refractivity contribution >= 4 is 0 Å². The highest BCUT2D eigenvalue weighted by atomic mass is 16.9. The lowest BCUT2D eigenvalue weighted by atomic mass is 10.0. The molecule has 0 N–H and O–H groups in total. The van der Waals surface area contributed by atoms with Crippen LogP contribution in [0.3, 0.4) is 0 Å². The first kappa shape index (κ1) is 35.8. The molecule has 0 amide bonds. The molecule has 0 rings (SSSR count). The van der Waals surface area contributed by atoms with Crippen molar-refractivity contribution in [3.05, 3.63) is 0 Å². The third kappa shape index (κ3) is 18.1. The van der Waals surface area contributed by atoms with Crippen LogP contribution in [-0.4, -0.2) is 54.6 Å². The lowest BCUT2D eigenvalue weighted by Gasteiger charge is -2.28. The van der Waals surface area contributed by atoms with Gasteiger partial charge in [0.1, 0.15) is 0 Å². The topological polar surface area (TPSA) is 55.4 Å². The fraction of sp³-hybridized carbons (Fsp3) is 1.00. The zero-order valence-corrected chi connectivity index (χ0v) is 25.0. The van der Waals surface area contributed by atoms with Gasteiger partial charge in [0.05, 0.1) is 0 Å². The van der Waals surface area contributed by atoms with Gasteiger partial charge in [0.25, 0.3) is 11.9 Å². The quantitative estimate of drug-likeness (QED) is 0.0728. The minimum absolute atomic E-state index is 0.790. The van der Waals surface area contributed by atoms with Crippen LogP contribution in [0.1, 0.15) is 141 Å². The van der Waals surface area contributed by atoms with E-state index in [9.17, 15) is 0 Å². The predicted octanol–water partition coefficient (Wildman–Crippen LogP) is 8.75. The second kappa shape index (κ2) is 25.1. The maximum absolute atomic E-state index is 5.34. The second-order valence-corrected chi connectivity index (χ2v) is 10.2. The van der Waals surface area contributed by atoms with Gasteiger partial charge in [0.2, 0.25) is 0 Å². The van der Waals surface area contributed by atoms with E-state index >= 15 is 0 Å². The molecule has 0 aromatic rings. The number of rotatable bonds is 29. The van der Waals surface area contributed by atoms with Crippen molar-refractivity contribution in [2.24, 2.45) is 0 Å². The van der Waals surface area contributed by atoms with E-state index in [4.69, 9.17) is 28.4 Å². The first-order valence-electron chi connectivity index (χ1n) is 14.9. The Morgan fingerprint density at radius 2 is 0.389 bits per heavy atom. The lowest BCUT2D eigenvalue weighted by Crippen LogP contribution is -2.35. The van der Waals surface area contributed by atoms with Crippen LogP contribution >= 0.6 is 0 Å². The Balaban J connectivity index is 3.28. The molecule has 0 bridgehead atoms. The molecule has 0 aromatic carbocycles. The summed E-state index contributed by atoms with van der Waals surface area (Å²) >= 11 is 0. The average Bonchev–Trinajstić information content (AvgIpc) is 2.92. The molecule has 0 saturated carbocycles. The molecule has 6 nitrogen and oxygen atoms in total. The smallest absolute Gasteiger partial charge is 0.282 e. The highest BCUT2D eigenvalue weighted by Gasteiger charge is 2.29. The van der Waals surface area contributed by atoms with Crippen molar-refractivity contribution in [3.8, 4) is 0 Å². The van der Waals surface area contributed by atoms with E-state index < -0.39 is 11.9 Å². The van der Waals surface area contributed by atoms with Crippen molar-refractivity contribution in [1.82, 2.24) is 0 Å². The largest absolute Gasteiger partial charge is 0.331 e. The normalized spacial score (nSPS) is 12.5. The standard InChI is InChI=1S/C30H62O6/c1-31-29(32-2,33-3)27-25-23-21-19-17-15-13-11-9-7-8-10-12-14-16-18-20-22-24-26-28-30(34-4,35-5)36-6/h7-28H2,1-6H3. The molecule has 0 radical (unpaired) electrons. The Morgan fingerprint density at radius 1 is 0.250 bits per heavy atom. The van der Waals surface area contributed by atoms with Gasteiger partial charge >= 0.3 is 0 Å². The van der Waals surface area contributed by atoms with Gasteiger partial charge in [-0.2, -0.15) is 0 Å². The summed E-state index contributed by atoms with van der Waals surface area (Å²) in [7, 11) is 9.83. The van der Waals surface area contributed by atoms with Crippen molar-refractivity contribution in [3.63, 3.8) is 0 Å². The molecule has 0 aliphatic rings. The summed E-state index contributed by atoms with van der Waals surface area (Å²) in [5.74, 6) is -1.70. The van der Waals surface area contributed by atoms with Gasteiger partial charge in [-0.05, 0) is 12.8 Å². The lowest BCUT2D eigenvalue weighted by molar-refractivity contribution is -0.355. The fourth-order valence-electron chi connectivity index (χ4n) is 4.98. The van der Waals surface area contributed by atoms with Crippen LogP contribution in [0.2, 0.25) is 0 Å². The van der Waals surface area contributed by atoms with E-state index in [2.05, 4.69) is 0 Å². The Hall–Kier alpha value is -0.240. The molecule has 0 spiro atoms. The van der Waals surface area contributed by atoms with Gasteiger partial charge in [-0.1, -0.05) is 116 Å². The molecule has 0 fully saturated rings. The summed E-state index contributed by atoms with van der Waals surface area (Å²) in [6, 6.07) is 0. The van der Waals surface area contributed by atoms with Crippen LogP contribution in [0.25, 0.3) is 0 Å². The van der Waals surface area contributed by atoms with Gasteiger partial charge in [-0.15, -0.1) is 0 Å². The Bertz CT molecular complexity index is 381. The predicted molar refractivity (Wildman–Crippen MR) is 149 cm³/mol. The summed E-state index contributed by atoms with van der Waals surface area (Å²) in [6.07, 6.45) is 28.3. The van der Waals surface area contributed by atoms with Crippen molar-refractivity contribution in [2.75, 3.05) is 42.7 Å². The van der Waals surface area contributed by atoms with E-state index in [1.54, 1.807) is 42.7 Å². The molecule has 0 unspecified atom stereocenters. The second-order valence-electron chi connectivity index (χ2n) is 10.2. The molecule has 0 aliphatic carbocycles. The monoisotopic (exact) mass is 518 g/mol. The van der Waals surface area contributed by atoms with Gasteiger partial charge in [0.15, 0.2) is 0 Å². The van der Waals surface area contributed by atoms with E-state index in [1.807, 2.05) is 0 Å². The number of methoxy groups -OCH3 is 6.